The Morgan fingerprint density at radius 1 is 1.35 bits per heavy atom. The van der Waals surface area contributed by atoms with Crippen LogP contribution in [0.25, 0.3) is 0 Å². The van der Waals surface area contributed by atoms with E-state index in [1.165, 1.54) is 6.07 Å². The lowest BCUT2D eigenvalue weighted by Gasteiger charge is -2.27. The molecule has 17 heavy (non-hydrogen) atoms. The Morgan fingerprint density at radius 3 is 2.59 bits per heavy atom. The highest BCUT2D eigenvalue weighted by Gasteiger charge is 2.38. The summed E-state index contributed by atoms with van der Waals surface area (Å²) in [5.41, 5.74) is 6.56. The van der Waals surface area contributed by atoms with Gasteiger partial charge in [0.2, 0.25) is 0 Å². The van der Waals surface area contributed by atoms with Crippen molar-refractivity contribution >= 4 is 0 Å². The summed E-state index contributed by atoms with van der Waals surface area (Å²) in [5.74, 6) is -0.131. The van der Waals surface area contributed by atoms with Gasteiger partial charge >= 0.3 is 0 Å². The quantitative estimate of drug-likeness (QED) is 0.822. The smallest absolute Gasteiger partial charge is 0.126 e. The highest BCUT2D eigenvalue weighted by molar-refractivity contribution is 5.26. The number of hydrogen-bond donors (Lipinski definition) is 2. The first-order valence-corrected chi connectivity index (χ1v) is 6.18. The van der Waals surface area contributed by atoms with Crippen LogP contribution in [0, 0.1) is 5.82 Å². The van der Waals surface area contributed by atoms with E-state index < -0.39 is 0 Å². The van der Waals surface area contributed by atoms with Crippen LogP contribution in [0.3, 0.4) is 0 Å². The van der Waals surface area contributed by atoms with Gasteiger partial charge < -0.3 is 11.1 Å². The van der Waals surface area contributed by atoms with E-state index in [0.29, 0.717) is 0 Å². The summed E-state index contributed by atoms with van der Waals surface area (Å²) >= 11 is 0. The third-order valence-electron chi connectivity index (χ3n) is 3.54. The van der Waals surface area contributed by atoms with Crippen molar-refractivity contribution in [3.63, 3.8) is 0 Å². The lowest BCUT2D eigenvalue weighted by molar-refractivity contribution is 0.430. The van der Waals surface area contributed by atoms with Gasteiger partial charge in [-0.2, -0.15) is 0 Å². The van der Waals surface area contributed by atoms with Crippen molar-refractivity contribution in [3.8, 4) is 0 Å². The van der Waals surface area contributed by atoms with Gasteiger partial charge in [0, 0.05) is 24.0 Å². The third kappa shape index (κ3) is 3.05. The number of nitrogens with one attached hydrogen (secondary N) is 1. The second-order valence-electron chi connectivity index (χ2n) is 5.83. The Morgan fingerprint density at radius 2 is 2.00 bits per heavy atom. The van der Waals surface area contributed by atoms with Crippen molar-refractivity contribution in [2.24, 2.45) is 5.73 Å². The zero-order valence-corrected chi connectivity index (χ0v) is 10.6. The molecule has 1 fully saturated rings. The third-order valence-corrected chi connectivity index (χ3v) is 3.54. The SMILES string of the molecule is CC(C)(CNCC1(N)CC1)c1ccccc1F. The molecule has 0 unspecified atom stereocenters. The molecule has 2 nitrogen and oxygen atoms in total. The van der Waals surface area contributed by atoms with Crippen LogP contribution in [-0.2, 0) is 5.41 Å². The highest BCUT2D eigenvalue weighted by atomic mass is 19.1. The maximum atomic E-state index is 13.7. The Kier molecular flexibility index (Phi) is 3.23. The molecule has 0 heterocycles. The zero-order valence-electron chi connectivity index (χ0n) is 10.6. The molecule has 3 heteroatoms. The maximum Gasteiger partial charge on any atom is 0.126 e. The van der Waals surface area contributed by atoms with Crippen molar-refractivity contribution < 1.29 is 4.39 Å². The van der Waals surface area contributed by atoms with Crippen LogP contribution in [-0.4, -0.2) is 18.6 Å². The topological polar surface area (TPSA) is 38.0 Å². The largest absolute Gasteiger partial charge is 0.324 e. The lowest BCUT2D eigenvalue weighted by atomic mass is 9.84. The molecule has 1 aliphatic rings. The Labute approximate surface area is 102 Å². The minimum absolute atomic E-state index is 0.00527. The maximum absolute atomic E-state index is 13.7. The summed E-state index contributed by atoms with van der Waals surface area (Å²) < 4.78 is 13.7. The Hall–Kier alpha value is -0.930. The van der Waals surface area contributed by atoms with Crippen LogP contribution in [0.1, 0.15) is 32.3 Å². The number of halogens is 1. The second kappa shape index (κ2) is 4.39. The Balaban J connectivity index is 1.95. The van der Waals surface area contributed by atoms with Crippen molar-refractivity contribution in [1.29, 1.82) is 0 Å². The molecular weight excluding hydrogens is 215 g/mol. The average Bonchev–Trinajstić information content (AvgIpc) is 2.96. The fraction of sp³-hybridized carbons (Fsp3) is 0.571. The Bertz CT molecular complexity index is 397. The predicted molar refractivity (Wildman–Crippen MR) is 68.4 cm³/mol. The van der Waals surface area contributed by atoms with Gasteiger partial charge in [0.25, 0.3) is 0 Å². The standard InChI is InChI=1S/C14H21FN2/c1-13(2,9-17-10-14(16)7-8-14)11-5-3-4-6-12(11)15/h3-6,17H,7-10,16H2,1-2H3. The summed E-state index contributed by atoms with van der Waals surface area (Å²) in [7, 11) is 0. The summed E-state index contributed by atoms with van der Waals surface area (Å²) in [5, 5.41) is 3.36. The lowest BCUT2D eigenvalue weighted by Crippen LogP contribution is -2.41. The van der Waals surface area contributed by atoms with E-state index in [4.69, 9.17) is 5.73 Å². The van der Waals surface area contributed by atoms with Gasteiger partial charge in [-0.05, 0) is 24.5 Å². The van der Waals surface area contributed by atoms with Gasteiger partial charge in [-0.15, -0.1) is 0 Å². The molecular formula is C14H21FN2. The van der Waals surface area contributed by atoms with E-state index in [0.717, 1.165) is 31.5 Å². The van der Waals surface area contributed by atoms with E-state index in [2.05, 4.69) is 19.2 Å². The fourth-order valence-corrected chi connectivity index (χ4v) is 2.07. The molecule has 0 aliphatic heterocycles. The summed E-state index contributed by atoms with van der Waals surface area (Å²) in [6, 6.07) is 6.97. The van der Waals surface area contributed by atoms with Gasteiger partial charge in [-0.1, -0.05) is 32.0 Å². The molecule has 1 aliphatic carbocycles. The normalized spacial score (nSPS) is 18.1. The van der Waals surface area contributed by atoms with E-state index in [1.807, 2.05) is 12.1 Å². The first kappa shape index (κ1) is 12.5. The number of nitrogens with two attached hydrogens (primary N) is 1. The van der Waals surface area contributed by atoms with Crippen molar-refractivity contribution in [2.45, 2.75) is 37.6 Å². The molecule has 94 valence electrons. The number of benzene rings is 1. The van der Waals surface area contributed by atoms with Crippen LogP contribution in [0.4, 0.5) is 4.39 Å². The van der Waals surface area contributed by atoms with Crippen LogP contribution in [0.15, 0.2) is 24.3 Å². The summed E-state index contributed by atoms with van der Waals surface area (Å²) in [6.07, 6.45) is 2.19. The predicted octanol–water partition coefficient (Wildman–Crippen LogP) is 2.18. The van der Waals surface area contributed by atoms with E-state index >= 15 is 0 Å². The van der Waals surface area contributed by atoms with E-state index in [9.17, 15) is 4.39 Å². The average molecular weight is 236 g/mol. The minimum Gasteiger partial charge on any atom is -0.324 e. The van der Waals surface area contributed by atoms with Crippen LogP contribution < -0.4 is 11.1 Å². The molecule has 0 atom stereocenters. The number of rotatable bonds is 5. The van der Waals surface area contributed by atoms with Gasteiger partial charge in [0.15, 0.2) is 0 Å². The van der Waals surface area contributed by atoms with Gasteiger partial charge in [-0.25, -0.2) is 4.39 Å². The van der Waals surface area contributed by atoms with Crippen molar-refractivity contribution in [1.82, 2.24) is 5.32 Å². The van der Waals surface area contributed by atoms with E-state index in [-0.39, 0.29) is 16.8 Å². The molecule has 0 aromatic heterocycles. The molecule has 3 N–H and O–H groups in total. The summed E-state index contributed by atoms with van der Waals surface area (Å²) in [4.78, 5) is 0. The molecule has 2 rings (SSSR count). The second-order valence-corrected chi connectivity index (χ2v) is 5.83. The first-order valence-electron chi connectivity index (χ1n) is 6.18. The molecule has 0 bridgehead atoms. The molecule has 1 saturated carbocycles. The zero-order chi connectivity index (χ0) is 12.5. The molecule has 1 aromatic rings. The van der Waals surface area contributed by atoms with Gasteiger partial charge in [-0.3, -0.25) is 0 Å². The van der Waals surface area contributed by atoms with Crippen LogP contribution >= 0.6 is 0 Å². The minimum atomic E-state index is -0.212. The monoisotopic (exact) mass is 236 g/mol. The highest BCUT2D eigenvalue weighted by Crippen LogP contribution is 2.31. The van der Waals surface area contributed by atoms with Gasteiger partial charge in [0.1, 0.15) is 5.82 Å². The van der Waals surface area contributed by atoms with Crippen molar-refractivity contribution in [2.75, 3.05) is 13.1 Å². The molecule has 0 amide bonds. The van der Waals surface area contributed by atoms with E-state index in [1.54, 1.807) is 6.07 Å². The molecule has 0 radical (unpaired) electrons. The van der Waals surface area contributed by atoms with Crippen LogP contribution in [0.5, 0.6) is 0 Å². The summed E-state index contributed by atoms with van der Waals surface area (Å²) in [6.45, 7) is 5.67. The van der Waals surface area contributed by atoms with Gasteiger partial charge in [0.05, 0.1) is 0 Å². The molecule has 1 aromatic carbocycles. The first-order chi connectivity index (χ1) is 7.93. The van der Waals surface area contributed by atoms with Crippen molar-refractivity contribution in [3.05, 3.63) is 35.6 Å². The van der Waals surface area contributed by atoms with Crippen LogP contribution in [0.2, 0.25) is 0 Å². The molecule has 0 spiro atoms. The fourth-order valence-electron chi connectivity index (χ4n) is 2.07. The molecule has 0 saturated heterocycles. The number of hydrogen-bond acceptors (Lipinski definition) is 2.